The van der Waals surface area contributed by atoms with Gasteiger partial charge < -0.3 is 11.1 Å². The van der Waals surface area contributed by atoms with Gasteiger partial charge in [0, 0.05) is 11.6 Å². The van der Waals surface area contributed by atoms with Gasteiger partial charge in [-0.15, -0.1) is 0 Å². The van der Waals surface area contributed by atoms with Gasteiger partial charge in [0.2, 0.25) is 0 Å². The number of carbonyl (C=O) groups excluding carboxylic acids is 1. The zero-order valence-electron chi connectivity index (χ0n) is 12.6. The maximum absolute atomic E-state index is 13.6. The molecule has 0 heterocycles. The Morgan fingerprint density at radius 2 is 1.70 bits per heavy atom. The Hall–Kier alpha value is -1.65. The van der Waals surface area contributed by atoms with Crippen molar-refractivity contribution < 1.29 is 13.6 Å². The van der Waals surface area contributed by atoms with Gasteiger partial charge in [-0.3, -0.25) is 4.79 Å². The molecule has 0 aromatic heterocycles. The van der Waals surface area contributed by atoms with Gasteiger partial charge in [-0.05, 0) is 31.7 Å². The molecule has 0 saturated carbocycles. The summed E-state index contributed by atoms with van der Waals surface area (Å²) in [5.74, 6) is -2.38. The second kappa shape index (κ2) is 5.38. The number of carbonyl (C=O) groups is 1. The summed E-state index contributed by atoms with van der Waals surface area (Å²) in [5.41, 5.74) is 4.38. The molecule has 20 heavy (non-hydrogen) atoms. The van der Waals surface area contributed by atoms with Crippen molar-refractivity contribution in [2.45, 2.75) is 46.6 Å². The van der Waals surface area contributed by atoms with E-state index in [2.05, 4.69) is 26.1 Å². The second-order valence-corrected chi connectivity index (χ2v) is 6.93. The van der Waals surface area contributed by atoms with Gasteiger partial charge in [-0.1, -0.05) is 20.8 Å². The molecule has 3 N–H and O–H groups in total. The zero-order chi connectivity index (χ0) is 15.7. The fraction of sp³-hybridized carbons (Fsp3) is 0.533. The molecule has 0 radical (unpaired) electrons. The van der Waals surface area contributed by atoms with Crippen molar-refractivity contribution in [2.75, 3.05) is 5.73 Å². The molecule has 0 unspecified atom stereocenters. The van der Waals surface area contributed by atoms with E-state index in [-0.39, 0.29) is 16.7 Å². The minimum atomic E-state index is -0.916. The molecule has 1 amide bonds. The van der Waals surface area contributed by atoms with Crippen LogP contribution >= 0.6 is 0 Å². The molecule has 0 bridgehead atoms. The largest absolute Gasteiger partial charge is 0.396 e. The molecule has 0 aliphatic carbocycles. The first-order valence-corrected chi connectivity index (χ1v) is 6.48. The van der Waals surface area contributed by atoms with Gasteiger partial charge in [0.25, 0.3) is 5.91 Å². The van der Waals surface area contributed by atoms with Gasteiger partial charge in [0.05, 0.1) is 11.3 Å². The fourth-order valence-electron chi connectivity index (χ4n) is 2.48. The summed E-state index contributed by atoms with van der Waals surface area (Å²) in [6.07, 6.45) is 0.712. The van der Waals surface area contributed by atoms with Crippen LogP contribution in [0.2, 0.25) is 0 Å². The van der Waals surface area contributed by atoms with Gasteiger partial charge >= 0.3 is 0 Å². The monoisotopic (exact) mass is 284 g/mol. The number of nitrogens with one attached hydrogen (secondary N) is 1. The average Bonchev–Trinajstić information content (AvgIpc) is 2.18. The first-order valence-electron chi connectivity index (χ1n) is 6.48. The number of hydrogen-bond donors (Lipinski definition) is 2. The van der Waals surface area contributed by atoms with Crippen molar-refractivity contribution in [3.8, 4) is 0 Å². The van der Waals surface area contributed by atoms with E-state index in [4.69, 9.17) is 5.73 Å². The molecule has 1 aromatic carbocycles. The lowest BCUT2D eigenvalue weighted by atomic mass is 9.81. The molecule has 0 spiro atoms. The summed E-state index contributed by atoms with van der Waals surface area (Å²) in [6, 6.07) is 1.65. The van der Waals surface area contributed by atoms with Crippen LogP contribution in [0.5, 0.6) is 0 Å². The molecule has 0 saturated heterocycles. The van der Waals surface area contributed by atoms with Crippen molar-refractivity contribution >= 4 is 11.6 Å². The Morgan fingerprint density at radius 1 is 1.15 bits per heavy atom. The molecule has 1 aromatic rings. The Morgan fingerprint density at radius 3 is 2.20 bits per heavy atom. The molecular weight excluding hydrogens is 262 g/mol. The smallest absolute Gasteiger partial charge is 0.254 e. The molecule has 112 valence electrons. The van der Waals surface area contributed by atoms with Crippen molar-refractivity contribution in [1.29, 1.82) is 0 Å². The van der Waals surface area contributed by atoms with Crippen LogP contribution in [0.1, 0.15) is 51.4 Å². The van der Waals surface area contributed by atoms with Gasteiger partial charge in [-0.2, -0.15) is 0 Å². The summed E-state index contributed by atoms with van der Waals surface area (Å²) in [7, 11) is 0. The second-order valence-electron chi connectivity index (χ2n) is 6.93. The molecule has 0 aliphatic heterocycles. The first kappa shape index (κ1) is 16.4. The molecule has 5 heteroatoms. The minimum absolute atomic E-state index is 0.0111. The van der Waals surface area contributed by atoms with Crippen molar-refractivity contribution in [1.82, 2.24) is 5.32 Å². The SMILES string of the molecule is CC(C)(C)CC(C)(C)NC(=O)c1cc(N)c(F)cc1F. The lowest BCUT2D eigenvalue weighted by Crippen LogP contribution is -2.46. The first-order chi connectivity index (χ1) is 8.91. The maximum atomic E-state index is 13.6. The number of nitrogens with two attached hydrogens (primary N) is 1. The predicted molar refractivity (Wildman–Crippen MR) is 76.4 cm³/mol. The highest BCUT2D eigenvalue weighted by Gasteiger charge is 2.28. The topological polar surface area (TPSA) is 55.1 Å². The number of anilines is 1. The third-order valence-electron chi connectivity index (χ3n) is 2.76. The maximum Gasteiger partial charge on any atom is 0.254 e. The lowest BCUT2D eigenvalue weighted by Gasteiger charge is -2.33. The van der Waals surface area contributed by atoms with Crippen LogP contribution in [-0.2, 0) is 0 Å². The zero-order valence-corrected chi connectivity index (χ0v) is 12.6. The molecule has 0 fully saturated rings. The van der Waals surface area contributed by atoms with Crippen LogP contribution in [0.15, 0.2) is 12.1 Å². The normalized spacial score (nSPS) is 12.3. The van der Waals surface area contributed by atoms with E-state index in [9.17, 15) is 13.6 Å². The predicted octanol–water partition coefficient (Wildman–Crippen LogP) is 3.49. The van der Waals surface area contributed by atoms with Crippen LogP contribution in [0, 0.1) is 17.0 Å². The highest BCUT2D eigenvalue weighted by Crippen LogP contribution is 2.27. The van der Waals surface area contributed by atoms with Crippen LogP contribution < -0.4 is 11.1 Å². The van der Waals surface area contributed by atoms with Crippen molar-refractivity contribution in [2.24, 2.45) is 5.41 Å². The van der Waals surface area contributed by atoms with E-state index < -0.39 is 23.1 Å². The van der Waals surface area contributed by atoms with Crippen LogP contribution in [0.4, 0.5) is 14.5 Å². The minimum Gasteiger partial charge on any atom is -0.396 e. The average molecular weight is 284 g/mol. The molecular formula is C15H22F2N2O. The molecule has 0 atom stereocenters. The molecule has 0 aliphatic rings. The molecule has 1 rings (SSSR count). The quantitative estimate of drug-likeness (QED) is 0.835. The van der Waals surface area contributed by atoms with E-state index in [1.54, 1.807) is 0 Å². The van der Waals surface area contributed by atoms with Crippen LogP contribution in [-0.4, -0.2) is 11.4 Å². The number of hydrogen-bond acceptors (Lipinski definition) is 2. The van der Waals surface area contributed by atoms with E-state index in [1.807, 2.05) is 13.8 Å². The number of rotatable bonds is 3. The number of benzene rings is 1. The van der Waals surface area contributed by atoms with E-state index in [1.165, 1.54) is 0 Å². The highest BCUT2D eigenvalue weighted by atomic mass is 19.1. The Labute approximate surface area is 118 Å². The van der Waals surface area contributed by atoms with Gasteiger partial charge in [0.15, 0.2) is 0 Å². The van der Waals surface area contributed by atoms with E-state index in [0.717, 1.165) is 6.07 Å². The summed E-state index contributed by atoms with van der Waals surface area (Å²) in [4.78, 5) is 12.1. The summed E-state index contributed by atoms with van der Waals surface area (Å²) in [5, 5.41) is 2.76. The Kier molecular flexibility index (Phi) is 4.42. The Balaban J connectivity index is 2.94. The van der Waals surface area contributed by atoms with Crippen molar-refractivity contribution in [3.05, 3.63) is 29.3 Å². The third-order valence-corrected chi connectivity index (χ3v) is 2.76. The van der Waals surface area contributed by atoms with E-state index >= 15 is 0 Å². The third kappa shape index (κ3) is 4.47. The number of halogens is 2. The van der Waals surface area contributed by atoms with E-state index in [0.29, 0.717) is 12.5 Å². The fourth-order valence-corrected chi connectivity index (χ4v) is 2.48. The van der Waals surface area contributed by atoms with Crippen molar-refractivity contribution in [3.63, 3.8) is 0 Å². The Bertz CT molecular complexity index is 519. The molecule has 3 nitrogen and oxygen atoms in total. The van der Waals surface area contributed by atoms with Crippen LogP contribution in [0.25, 0.3) is 0 Å². The number of nitrogen functional groups attached to an aromatic ring is 1. The van der Waals surface area contributed by atoms with Gasteiger partial charge in [0.1, 0.15) is 11.6 Å². The number of amides is 1. The summed E-state index contributed by atoms with van der Waals surface area (Å²) >= 11 is 0. The van der Waals surface area contributed by atoms with Gasteiger partial charge in [-0.25, -0.2) is 8.78 Å². The summed E-state index contributed by atoms with van der Waals surface area (Å²) < 4.78 is 26.7. The lowest BCUT2D eigenvalue weighted by molar-refractivity contribution is 0.0887. The standard InChI is InChI=1S/C15H22F2N2O/c1-14(2,3)8-15(4,5)19-13(20)9-6-12(18)11(17)7-10(9)16/h6-7H,8,18H2,1-5H3,(H,19,20). The van der Waals surface area contributed by atoms with Crippen LogP contribution in [0.3, 0.4) is 0 Å². The summed E-state index contributed by atoms with van der Waals surface area (Å²) in [6.45, 7) is 9.88. The highest BCUT2D eigenvalue weighted by molar-refractivity contribution is 5.95.